The van der Waals surface area contributed by atoms with Gasteiger partial charge in [0, 0.05) is 19.8 Å². The molecule has 1 heterocycles. The van der Waals surface area contributed by atoms with Crippen LogP contribution in [0.2, 0.25) is 0 Å². The van der Waals surface area contributed by atoms with Gasteiger partial charge in [0.15, 0.2) is 0 Å². The molecular weight excluding hydrogens is 271 g/mol. The molecule has 2 unspecified atom stereocenters. The maximum atomic E-state index is 13.4. The number of ether oxygens (including phenoxy) is 1. The van der Waals surface area contributed by atoms with Crippen molar-refractivity contribution in [1.29, 1.82) is 0 Å². The quantitative estimate of drug-likeness (QED) is 0.785. The van der Waals surface area contributed by atoms with Crippen LogP contribution >= 0.6 is 0 Å². The van der Waals surface area contributed by atoms with Crippen LogP contribution in [-0.4, -0.2) is 36.6 Å². The van der Waals surface area contributed by atoms with E-state index < -0.39 is 0 Å². The van der Waals surface area contributed by atoms with Crippen molar-refractivity contribution in [1.82, 2.24) is 10.2 Å². The molecule has 0 aliphatic carbocycles. The first-order chi connectivity index (χ1) is 10.1. The zero-order valence-corrected chi connectivity index (χ0v) is 12.6. The van der Waals surface area contributed by atoms with Gasteiger partial charge in [-0.05, 0) is 37.5 Å². The molecule has 0 aromatic heterocycles. The molecule has 116 valence electrons. The summed E-state index contributed by atoms with van der Waals surface area (Å²) in [5, 5.41) is 3.22. The molecule has 1 aliphatic heterocycles. The van der Waals surface area contributed by atoms with Gasteiger partial charge in [-0.3, -0.25) is 10.1 Å². The lowest BCUT2D eigenvalue weighted by Crippen LogP contribution is -2.32. The Morgan fingerprint density at radius 1 is 1.38 bits per heavy atom. The van der Waals surface area contributed by atoms with E-state index in [9.17, 15) is 9.18 Å². The summed E-state index contributed by atoms with van der Waals surface area (Å²) >= 11 is 0. The van der Waals surface area contributed by atoms with Crippen molar-refractivity contribution in [3.8, 4) is 0 Å². The molecule has 0 bridgehead atoms. The number of nitrogens with one attached hydrogen (secondary N) is 1. The third-order valence-corrected chi connectivity index (χ3v) is 3.57. The van der Waals surface area contributed by atoms with Gasteiger partial charge >= 0.3 is 0 Å². The minimum atomic E-state index is -0.285. The molecule has 1 aliphatic rings. The van der Waals surface area contributed by atoms with E-state index >= 15 is 0 Å². The molecule has 1 saturated heterocycles. The van der Waals surface area contributed by atoms with Gasteiger partial charge in [0.2, 0.25) is 5.91 Å². The number of nitrogens with zero attached hydrogens (tertiary/aromatic N) is 1. The standard InChI is InChI=1S/C16H23FN2O2/c1-3-9-21-10-5-8-19-15(18-12(2)16(19)20)13-6-4-7-14(17)11-13/h4,6-7,11-12,15,18H,3,5,8-10H2,1-2H3. The molecule has 1 amide bonds. The number of halogens is 1. The van der Waals surface area contributed by atoms with Gasteiger partial charge < -0.3 is 9.64 Å². The van der Waals surface area contributed by atoms with Gasteiger partial charge in [0.25, 0.3) is 0 Å². The van der Waals surface area contributed by atoms with Gasteiger partial charge in [-0.2, -0.15) is 0 Å². The third-order valence-electron chi connectivity index (χ3n) is 3.57. The minimum absolute atomic E-state index is 0.0553. The van der Waals surface area contributed by atoms with E-state index in [2.05, 4.69) is 12.2 Å². The van der Waals surface area contributed by atoms with Crippen LogP contribution in [0.5, 0.6) is 0 Å². The summed E-state index contributed by atoms with van der Waals surface area (Å²) < 4.78 is 18.8. The second-order valence-electron chi connectivity index (χ2n) is 5.34. The summed E-state index contributed by atoms with van der Waals surface area (Å²) in [5.41, 5.74) is 0.780. The lowest BCUT2D eigenvalue weighted by atomic mass is 10.1. The van der Waals surface area contributed by atoms with Crippen molar-refractivity contribution in [2.75, 3.05) is 19.8 Å². The largest absolute Gasteiger partial charge is 0.381 e. The average Bonchev–Trinajstić information content (AvgIpc) is 2.75. The van der Waals surface area contributed by atoms with E-state index in [1.54, 1.807) is 11.0 Å². The molecule has 1 N–H and O–H groups in total. The SMILES string of the molecule is CCCOCCCN1C(=O)C(C)NC1c1cccc(F)c1. The first kappa shape index (κ1) is 15.9. The van der Waals surface area contributed by atoms with Crippen molar-refractivity contribution in [3.63, 3.8) is 0 Å². The van der Waals surface area contributed by atoms with Gasteiger partial charge in [-0.15, -0.1) is 0 Å². The van der Waals surface area contributed by atoms with Crippen molar-refractivity contribution < 1.29 is 13.9 Å². The maximum Gasteiger partial charge on any atom is 0.241 e. The van der Waals surface area contributed by atoms with Gasteiger partial charge in [0.1, 0.15) is 12.0 Å². The maximum absolute atomic E-state index is 13.4. The summed E-state index contributed by atoms with van der Waals surface area (Å²) in [6.45, 7) is 5.90. The van der Waals surface area contributed by atoms with E-state index in [0.717, 1.165) is 25.0 Å². The van der Waals surface area contributed by atoms with Gasteiger partial charge in [-0.1, -0.05) is 19.1 Å². The Balaban J connectivity index is 2.00. The lowest BCUT2D eigenvalue weighted by molar-refractivity contribution is -0.130. The highest BCUT2D eigenvalue weighted by molar-refractivity contribution is 5.84. The van der Waals surface area contributed by atoms with Gasteiger partial charge in [-0.25, -0.2) is 4.39 Å². The number of hydrogen-bond acceptors (Lipinski definition) is 3. The number of hydrogen-bond donors (Lipinski definition) is 1. The van der Waals surface area contributed by atoms with E-state index in [0.29, 0.717) is 13.2 Å². The molecule has 21 heavy (non-hydrogen) atoms. The second-order valence-corrected chi connectivity index (χ2v) is 5.34. The van der Waals surface area contributed by atoms with E-state index in [-0.39, 0.29) is 23.9 Å². The number of carbonyl (C=O) groups excluding carboxylic acids is 1. The van der Waals surface area contributed by atoms with Gasteiger partial charge in [0.05, 0.1) is 6.04 Å². The van der Waals surface area contributed by atoms with Crippen molar-refractivity contribution in [3.05, 3.63) is 35.6 Å². The fourth-order valence-electron chi connectivity index (χ4n) is 2.55. The van der Waals surface area contributed by atoms with Crippen LogP contribution in [0, 0.1) is 5.82 Å². The molecule has 0 saturated carbocycles. The molecule has 2 rings (SSSR count). The fraction of sp³-hybridized carbons (Fsp3) is 0.562. The molecule has 4 nitrogen and oxygen atoms in total. The Labute approximate surface area is 125 Å². The summed E-state index contributed by atoms with van der Waals surface area (Å²) in [7, 11) is 0. The molecule has 1 fully saturated rings. The Morgan fingerprint density at radius 3 is 2.90 bits per heavy atom. The smallest absolute Gasteiger partial charge is 0.241 e. The fourth-order valence-corrected chi connectivity index (χ4v) is 2.55. The highest BCUT2D eigenvalue weighted by atomic mass is 19.1. The molecule has 2 atom stereocenters. The van der Waals surface area contributed by atoms with Crippen LogP contribution in [0.1, 0.15) is 38.4 Å². The topological polar surface area (TPSA) is 41.6 Å². The molecule has 0 spiro atoms. The normalized spacial score (nSPS) is 22.0. The zero-order valence-electron chi connectivity index (χ0n) is 12.6. The number of carbonyl (C=O) groups is 1. The average molecular weight is 294 g/mol. The molecule has 1 aromatic carbocycles. The molecule has 0 radical (unpaired) electrons. The van der Waals surface area contributed by atoms with Crippen LogP contribution in [0.4, 0.5) is 4.39 Å². The van der Waals surface area contributed by atoms with Crippen molar-refractivity contribution >= 4 is 5.91 Å². The zero-order chi connectivity index (χ0) is 15.2. The monoisotopic (exact) mass is 294 g/mol. The van der Waals surface area contributed by atoms with Crippen LogP contribution in [0.15, 0.2) is 24.3 Å². The predicted octanol–water partition coefficient (Wildman–Crippen LogP) is 2.46. The third kappa shape index (κ3) is 4.02. The first-order valence-corrected chi connectivity index (χ1v) is 7.53. The Morgan fingerprint density at radius 2 is 2.19 bits per heavy atom. The summed E-state index contributed by atoms with van der Waals surface area (Å²) in [5.74, 6) is -0.229. The highest BCUT2D eigenvalue weighted by Gasteiger charge is 2.36. The second kappa shape index (κ2) is 7.52. The molecule has 1 aromatic rings. The highest BCUT2D eigenvalue weighted by Crippen LogP contribution is 2.25. The first-order valence-electron chi connectivity index (χ1n) is 7.53. The van der Waals surface area contributed by atoms with Crippen LogP contribution in [0.25, 0.3) is 0 Å². The van der Waals surface area contributed by atoms with E-state index in [1.807, 2.05) is 13.0 Å². The van der Waals surface area contributed by atoms with Crippen molar-refractivity contribution in [2.24, 2.45) is 0 Å². The van der Waals surface area contributed by atoms with Crippen LogP contribution in [-0.2, 0) is 9.53 Å². The summed E-state index contributed by atoms with van der Waals surface area (Å²) in [4.78, 5) is 14.0. The predicted molar refractivity (Wildman–Crippen MR) is 79.2 cm³/mol. The Bertz CT molecular complexity index is 481. The summed E-state index contributed by atoms with van der Waals surface area (Å²) in [6.07, 6.45) is 1.52. The number of benzene rings is 1. The van der Waals surface area contributed by atoms with E-state index in [1.165, 1.54) is 12.1 Å². The number of rotatable bonds is 7. The Hall–Kier alpha value is -1.46. The number of amides is 1. The van der Waals surface area contributed by atoms with Crippen molar-refractivity contribution in [2.45, 2.75) is 38.9 Å². The van der Waals surface area contributed by atoms with Crippen LogP contribution < -0.4 is 5.32 Å². The summed E-state index contributed by atoms with van der Waals surface area (Å²) in [6, 6.07) is 6.15. The molecular formula is C16H23FN2O2. The molecule has 5 heteroatoms. The Kier molecular flexibility index (Phi) is 5.70. The minimum Gasteiger partial charge on any atom is -0.381 e. The lowest BCUT2D eigenvalue weighted by Gasteiger charge is -2.24. The van der Waals surface area contributed by atoms with Crippen LogP contribution in [0.3, 0.4) is 0 Å². The van der Waals surface area contributed by atoms with E-state index in [4.69, 9.17) is 4.74 Å².